The summed E-state index contributed by atoms with van der Waals surface area (Å²) in [4.78, 5) is 0. The quantitative estimate of drug-likeness (QED) is 0.869. The molecule has 0 bridgehead atoms. The number of benzene rings is 2. The molecule has 4 atom stereocenters. The summed E-state index contributed by atoms with van der Waals surface area (Å²) in [5.41, 5.74) is 2.18. The van der Waals surface area contributed by atoms with Crippen LogP contribution < -0.4 is 0 Å². The Kier molecular flexibility index (Phi) is 3.60. The van der Waals surface area contributed by atoms with E-state index in [1.165, 1.54) is 0 Å². The molecule has 1 aliphatic heterocycles. The van der Waals surface area contributed by atoms with Gasteiger partial charge in [0.05, 0.1) is 12.2 Å². The molecule has 21 heavy (non-hydrogen) atoms. The van der Waals surface area contributed by atoms with Gasteiger partial charge in [-0.3, -0.25) is 0 Å². The van der Waals surface area contributed by atoms with Crippen LogP contribution in [-0.2, 0) is 4.74 Å². The first-order valence-corrected chi connectivity index (χ1v) is 7.29. The van der Waals surface area contributed by atoms with E-state index < -0.39 is 0 Å². The fourth-order valence-electron chi connectivity index (χ4n) is 3.05. The summed E-state index contributed by atoms with van der Waals surface area (Å²) in [5, 5.41) is 18.8. The van der Waals surface area contributed by atoms with Crippen molar-refractivity contribution >= 4 is 0 Å². The smallest absolute Gasteiger partial charge is 0.115 e. The highest BCUT2D eigenvalue weighted by Crippen LogP contribution is 2.49. The van der Waals surface area contributed by atoms with E-state index >= 15 is 0 Å². The van der Waals surface area contributed by atoms with Crippen LogP contribution in [0.15, 0.2) is 48.5 Å². The Labute approximate surface area is 124 Å². The minimum Gasteiger partial charge on any atom is -0.508 e. The van der Waals surface area contributed by atoms with Gasteiger partial charge in [0.1, 0.15) is 11.5 Å². The Morgan fingerprint density at radius 3 is 1.33 bits per heavy atom. The normalized spacial score (nSPS) is 28.7. The van der Waals surface area contributed by atoms with E-state index in [0.717, 1.165) is 11.1 Å². The molecule has 3 nitrogen and oxygen atoms in total. The maximum Gasteiger partial charge on any atom is 0.115 e. The topological polar surface area (TPSA) is 49.7 Å². The lowest BCUT2D eigenvalue weighted by molar-refractivity contribution is 0.0290. The van der Waals surface area contributed by atoms with Gasteiger partial charge in [-0.25, -0.2) is 0 Å². The van der Waals surface area contributed by atoms with Crippen molar-refractivity contribution in [2.45, 2.75) is 26.1 Å². The molecule has 1 heterocycles. The van der Waals surface area contributed by atoms with Crippen molar-refractivity contribution in [2.24, 2.45) is 11.8 Å². The molecule has 2 aromatic carbocycles. The minimum atomic E-state index is 0.0272. The largest absolute Gasteiger partial charge is 0.508 e. The van der Waals surface area contributed by atoms with E-state index in [2.05, 4.69) is 13.8 Å². The molecule has 2 N–H and O–H groups in total. The van der Waals surface area contributed by atoms with Crippen LogP contribution in [0.2, 0.25) is 0 Å². The number of hydrogen-bond donors (Lipinski definition) is 2. The molecule has 1 fully saturated rings. The van der Waals surface area contributed by atoms with Crippen LogP contribution in [0.25, 0.3) is 0 Å². The fraction of sp³-hybridized carbons (Fsp3) is 0.333. The van der Waals surface area contributed by atoms with E-state index in [1.54, 1.807) is 24.3 Å². The average molecular weight is 284 g/mol. The second-order valence-electron chi connectivity index (χ2n) is 5.88. The molecule has 0 radical (unpaired) electrons. The summed E-state index contributed by atoms with van der Waals surface area (Å²) in [5.74, 6) is 1.31. The van der Waals surface area contributed by atoms with Crippen LogP contribution in [0, 0.1) is 11.8 Å². The standard InChI is InChI=1S/C18H20O3/c1-11-12(2)18(14-5-9-16(20)10-6-14)21-17(11)13-3-7-15(19)8-4-13/h3-12,17-20H,1-2H3/t11-,12-,17-,18+/m1/s1. The maximum atomic E-state index is 9.41. The summed E-state index contributed by atoms with van der Waals surface area (Å²) in [6, 6.07) is 14.5. The van der Waals surface area contributed by atoms with Crippen LogP contribution >= 0.6 is 0 Å². The van der Waals surface area contributed by atoms with Gasteiger partial charge >= 0.3 is 0 Å². The van der Waals surface area contributed by atoms with Crippen LogP contribution in [0.3, 0.4) is 0 Å². The van der Waals surface area contributed by atoms with Gasteiger partial charge in [0, 0.05) is 0 Å². The van der Waals surface area contributed by atoms with Crippen molar-refractivity contribution in [3.63, 3.8) is 0 Å². The number of aromatic hydroxyl groups is 2. The molecular weight excluding hydrogens is 264 g/mol. The highest BCUT2D eigenvalue weighted by atomic mass is 16.5. The predicted octanol–water partition coefficient (Wildman–Crippen LogP) is 4.18. The van der Waals surface area contributed by atoms with Gasteiger partial charge in [0.2, 0.25) is 0 Å². The summed E-state index contributed by atoms with van der Waals surface area (Å²) < 4.78 is 6.27. The van der Waals surface area contributed by atoms with Crippen LogP contribution in [0.5, 0.6) is 11.5 Å². The van der Waals surface area contributed by atoms with E-state index in [1.807, 2.05) is 24.3 Å². The molecular formula is C18H20O3. The van der Waals surface area contributed by atoms with Gasteiger partial charge in [0.25, 0.3) is 0 Å². The van der Waals surface area contributed by atoms with Crippen molar-refractivity contribution in [3.8, 4) is 11.5 Å². The molecule has 110 valence electrons. The van der Waals surface area contributed by atoms with Gasteiger partial charge < -0.3 is 14.9 Å². The Morgan fingerprint density at radius 1 is 0.667 bits per heavy atom. The zero-order valence-corrected chi connectivity index (χ0v) is 12.2. The van der Waals surface area contributed by atoms with Crippen molar-refractivity contribution in [1.29, 1.82) is 0 Å². The molecule has 0 saturated carbocycles. The lowest BCUT2D eigenvalue weighted by Crippen LogP contribution is -2.09. The third-order valence-corrected chi connectivity index (χ3v) is 4.52. The SMILES string of the molecule is C[C@@H]1[C@@H](C)[C@H](c2ccc(O)cc2)O[C@@H]1c1ccc(O)cc1. The highest BCUT2D eigenvalue weighted by molar-refractivity contribution is 5.31. The lowest BCUT2D eigenvalue weighted by atomic mass is 9.85. The Balaban J connectivity index is 1.86. The number of phenols is 2. The second kappa shape index (κ2) is 5.41. The molecule has 0 aromatic heterocycles. The number of ether oxygens (including phenoxy) is 1. The molecule has 3 rings (SSSR count). The lowest BCUT2D eigenvalue weighted by Gasteiger charge is -2.16. The second-order valence-corrected chi connectivity index (χ2v) is 5.88. The monoisotopic (exact) mass is 284 g/mol. The average Bonchev–Trinajstić information content (AvgIpc) is 2.78. The molecule has 2 aromatic rings. The highest BCUT2D eigenvalue weighted by Gasteiger charge is 2.40. The summed E-state index contributed by atoms with van der Waals surface area (Å²) in [6.45, 7) is 4.39. The van der Waals surface area contributed by atoms with Crippen LogP contribution in [0.4, 0.5) is 0 Å². The Bertz CT molecular complexity index is 548. The maximum absolute atomic E-state index is 9.41. The molecule has 3 heteroatoms. The van der Waals surface area contributed by atoms with Crippen molar-refractivity contribution in [1.82, 2.24) is 0 Å². The van der Waals surface area contributed by atoms with Crippen molar-refractivity contribution in [3.05, 3.63) is 59.7 Å². The first kappa shape index (κ1) is 14.0. The number of rotatable bonds is 2. The molecule has 0 unspecified atom stereocenters. The summed E-state index contributed by atoms with van der Waals surface area (Å²) >= 11 is 0. The number of phenolic OH excluding ortho intramolecular Hbond substituents is 2. The summed E-state index contributed by atoms with van der Waals surface area (Å²) in [7, 11) is 0. The van der Waals surface area contributed by atoms with E-state index in [9.17, 15) is 10.2 Å². The molecule has 0 amide bonds. The van der Waals surface area contributed by atoms with Crippen molar-refractivity contribution in [2.75, 3.05) is 0 Å². The van der Waals surface area contributed by atoms with Gasteiger partial charge in [-0.05, 0) is 47.2 Å². The van der Waals surface area contributed by atoms with E-state index in [-0.39, 0.29) is 23.7 Å². The molecule has 0 aliphatic carbocycles. The Hall–Kier alpha value is -2.00. The van der Waals surface area contributed by atoms with Gasteiger partial charge in [-0.1, -0.05) is 38.1 Å². The third kappa shape index (κ3) is 2.61. The van der Waals surface area contributed by atoms with Crippen LogP contribution in [0.1, 0.15) is 37.2 Å². The molecule has 1 saturated heterocycles. The Morgan fingerprint density at radius 2 is 1.00 bits per heavy atom. The number of hydrogen-bond acceptors (Lipinski definition) is 3. The van der Waals surface area contributed by atoms with Crippen LogP contribution in [-0.4, -0.2) is 10.2 Å². The van der Waals surface area contributed by atoms with Gasteiger partial charge in [-0.2, -0.15) is 0 Å². The predicted molar refractivity (Wildman–Crippen MR) is 81.1 cm³/mol. The van der Waals surface area contributed by atoms with Gasteiger partial charge in [0.15, 0.2) is 0 Å². The first-order valence-electron chi connectivity index (χ1n) is 7.29. The molecule has 1 aliphatic rings. The van der Waals surface area contributed by atoms with Crippen molar-refractivity contribution < 1.29 is 14.9 Å². The third-order valence-electron chi connectivity index (χ3n) is 4.52. The van der Waals surface area contributed by atoms with Gasteiger partial charge in [-0.15, -0.1) is 0 Å². The zero-order chi connectivity index (χ0) is 15.0. The zero-order valence-electron chi connectivity index (χ0n) is 12.2. The first-order chi connectivity index (χ1) is 10.1. The summed E-state index contributed by atoms with van der Waals surface area (Å²) in [6.07, 6.45) is 0.0545. The van der Waals surface area contributed by atoms with E-state index in [0.29, 0.717) is 11.8 Å². The molecule has 0 spiro atoms. The van der Waals surface area contributed by atoms with E-state index in [4.69, 9.17) is 4.74 Å². The minimum absolute atomic E-state index is 0.0272. The fourth-order valence-corrected chi connectivity index (χ4v) is 3.05.